The van der Waals surface area contributed by atoms with Crippen LogP contribution in [0.5, 0.6) is 0 Å². The smallest absolute Gasteiger partial charge is 0.229 e. The molecule has 1 aliphatic carbocycles. The third kappa shape index (κ3) is 3.81. The summed E-state index contributed by atoms with van der Waals surface area (Å²) in [5.74, 6) is 3.31. The van der Waals surface area contributed by atoms with Gasteiger partial charge < -0.3 is 11.1 Å². The molecule has 0 saturated heterocycles. The molecular formula is C23H24N4O. The van der Waals surface area contributed by atoms with Crippen molar-refractivity contribution in [1.29, 1.82) is 0 Å². The number of amides is 1. The van der Waals surface area contributed by atoms with Crippen LogP contribution in [-0.4, -0.2) is 15.9 Å². The number of terminal acetylenes is 1. The van der Waals surface area contributed by atoms with Crippen LogP contribution in [-0.2, 0) is 4.79 Å². The maximum Gasteiger partial charge on any atom is 0.229 e. The first-order valence-electron chi connectivity index (χ1n) is 9.34. The number of nitrogens with one attached hydrogen (secondary N) is 1. The number of fused-ring (bicyclic) bond motifs is 1. The number of hydrogen-bond donors (Lipinski definition) is 2. The number of anilines is 2. The molecule has 3 N–H and O–H groups in total. The van der Waals surface area contributed by atoms with Crippen LogP contribution in [0.2, 0.25) is 0 Å². The quantitative estimate of drug-likeness (QED) is 0.584. The number of pyridine rings is 2. The lowest BCUT2D eigenvalue weighted by Gasteiger charge is -2.11. The Hall–Kier alpha value is -3.39. The Morgan fingerprint density at radius 1 is 1.50 bits per heavy atom. The first-order valence-corrected chi connectivity index (χ1v) is 9.34. The highest BCUT2D eigenvalue weighted by Crippen LogP contribution is 2.38. The molecule has 28 heavy (non-hydrogen) atoms. The zero-order chi connectivity index (χ0) is 20.3. The first kappa shape index (κ1) is 19.4. The van der Waals surface area contributed by atoms with Crippen LogP contribution in [0.25, 0.3) is 16.3 Å². The fraction of sp³-hybridized carbons (Fsp3) is 0.261. The second-order valence-corrected chi connectivity index (χ2v) is 6.78. The molecule has 3 rings (SSSR count). The maximum atomic E-state index is 12.3. The number of allylic oxidation sites excluding steroid dienone is 5. The van der Waals surface area contributed by atoms with Crippen molar-refractivity contribution in [2.45, 2.75) is 26.7 Å². The van der Waals surface area contributed by atoms with Crippen molar-refractivity contribution in [3.63, 3.8) is 0 Å². The van der Waals surface area contributed by atoms with E-state index in [0.717, 1.165) is 40.5 Å². The Morgan fingerprint density at radius 2 is 2.29 bits per heavy atom. The summed E-state index contributed by atoms with van der Waals surface area (Å²) >= 11 is 0. The lowest BCUT2D eigenvalue weighted by molar-refractivity contribution is -0.117. The summed E-state index contributed by atoms with van der Waals surface area (Å²) in [6.45, 7) is 8.00. The Balaban J connectivity index is 2.00. The van der Waals surface area contributed by atoms with E-state index < -0.39 is 0 Å². The van der Waals surface area contributed by atoms with Gasteiger partial charge in [-0.2, -0.15) is 0 Å². The lowest BCUT2D eigenvalue weighted by Crippen LogP contribution is -2.15. The Kier molecular flexibility index (Phi) is 5.60. The molecule has 0 spiro atoms. The van der Waals surface area contributed by atoms with Crippen LogP contribution in [0.3, 0.4) is 0 Å². The molecule has 0 bridgehead atoms. The van der Waals surface area contributed by atoms with Gasteiger partial charge in [0, 0.05) is 23.1 Å². The predicted octanol–water partition coefficient (Wildman–Crippen LogP) is 4.35. The van der Waals surface area contributed by atoms with E-state index in [2.05, 4.69) is 40.8 Å². The van der Waals surface area contributed by atoms with Gasteiger partial charge >= 0.3 is 0 Å². The molecule has 0 aromatic carbocycles. The van der Waals surface area contributed by atoms with Gasteiger partial charge in [-0.05, 0) is 42.9 Å². The van der Waals surface area contributed by atoms with Crippen molar-refractivity contribution < 1.29 is 4.79 Å². The molecule has 1 fully saturated rings. The summed E-state index contributed by atoms with van der Waals surface area (Å²) in [7, 11) is 0. The average Bonchev–Trinajstić information content (AvgIpc) is 3.47. The Morgan fingerprint density at radius 3 is 2.89 bits per heavy atom. The van der Waals surface area contributed by atoms with Crippen molar-refractivity contribution in [2.75, 3.05) is 11.1 Å². The normalized spacial score (nSPS) is 19.2. The molecule has 1 saturated carbocycles. The highest BCUT2D eigenvalue weighted by Gasteiger charge is 2.41. The second kappa shape index (κ2) is 8.10. The van der Waals surface area contributed by atoms with Crippen LogP contribution >= 0.6 is 0 Å². The van der Waals surface area contributed by atoms with Gasteiger partial charge in [0.25, 0.3) is 0 Å². The highest BCUT2D eigenvalue weighted by atomic mass is 16.2. The summed E-state index contributed by atoms with van der Waals surface area (Å²) in [5, 5.41) is 4.44. The average molecular weight is 372 g/mol. The maximum absolute atomic E-state index is 12.3. The van der Waals surface area contributed by atoms with Gasteiger partial charge in [-0.3, -0.25) is 4.79 Å². The van der Waals surface area contributed by atoms with Crippen molar-refractivity contribution in [3.8, 4) is 12.3 Å². The van der Waals surface area contributed by atoms with Crippen LogP contribution < -0.4 is 11.1 Å². The summed E-state index contributed by atoms with van der Waals surface area (Å²) in [5.41, 5.74) is 8.98. The second-order valence-electron chi connectivity index (χ2n) is 6.78. The standard InChI is InChI=1S/C23H24N4O/c1-5-9-14(6-2)17(8-4)20-11-16-12-21(25-13-19(16)22(24)26-20)27-23(28)18-10-15(18)7-3/h3,5,8-9,11-13,15,18H,4,6,10H2,1-2H3,(H2,24,26)(H,25,27,28)/b9-5-,17-14+/t15?,18-/m1/s1. The number of hydrogen-bond acceptors (Lipinski definition) is 4. The van der Waals surface area contributed by atoms with Gasteiger partial charge in [0.2, 0.25) is 5.91 Å². The van der Waals surface area contributed by atoms with Gasteiger partial charge in [-0.1, -0.05) is 31.7 Å². The van der Waals surface area contributed by atoms with Crippen LogP contribution in [0, 0.1) is 24.2 Å². The van der Waals surface area contributed by atoms with Crippen LogP contribution in [0.4, 0.5) is 11.6 Å². The summed E-state index contributed by atoms with van der Waals surface area (Å²) in [6, 6.07) is 3.75. The number of aromatic nitrogens is 2. The molecule has 0 radical (unpaired) electrons. The van der Waals surface area contributed by atoms with Gasteiger partial charge in [-0.15, -0.1) is 12.3 Å². The molecule has 5 nitrogen and oxygen atoms in total. The SMILES string of the molecule is C#CC1C[C@H]1C(=O)Nc1cc2cc(/C(C=C)=C(/C=C\C)CC)nc(N)c2cn1. The summed E-state index contributed by atoms with van der Waals surface area (Å²) < 4.78 is 0. The van der Waals surface area contributed by atoms with Gasteiger partial charge in [0.05, 0.1) is 11.6 Å². The lowest BCUT2D eigenvalue weighted by atomic mass is 10.00. The van der Waals surface area contributed by atoms with Crippen molar-refractivity contribution in [2.24, 2.45) is 11.8 Å². The van der Waals surface area contributed by atoms with Gasteiger partial charge in [0.15, 0.2) is 0 Å². The Labute approximate surface area is 165 Å². The van der Waals surface area contributed by atoms with E-state index in [-0.39, 0.29) is 17.7 Å². The Bertz CT molecular complexity index is 1040. The van der Waals surface area contributed by atoms with E-state index in [0.29, 0.717) is 11.6 Å². The van der Waals surface area contributed by atoms with Crippen molar-refractivity contribution >= 4 is 33.9 Å². The minimum absolute atomic E-state index is 0.0336. The zero-order valence-corrected chi connectivity index (χ0v) is 16.2. The fourth-order valence-corrected chi connectivity index (χ4v) is 3.27. The third-order valence-electron chi connectivity index (χ3n) is 4.91. The molecule has 5 heteroatoms. The fourth-order valence-electron chi connectivity index (χ4n) is 3.27. The van der Waals surface area contributed by atoms with Crippen LogP contribution in [0.1, 0.15) is 32.4 Å². The molecule has 1 aliphatic rings. The third-order valence-corrected chi connectivity index (χ3v) is 4.91. The topological polar surface area (TPSA) is 80.9 Å². The number of nitrogen functional groups attached to an aromatic ring is 1. The van der Waals surface area contributed by atoms with Gasteiger partial charge in [0.1, 0.15) is 11.6 Å². The predicted molar refractivity (Wildman–Crippen MR) is 115 cm³/mol. The monoisotopic (exact) mass is 372 g/mol. The molecule has 1 unspecified atom stereocenters. The summed E-state index contributed by atoms with van der Waals surface area (Å²) in [4.78, 5) is 21.1. The minimum Gasteiger partial charge on any atom is -0.383 e. The van der Waals surface area contributed by atoms with E-state index in [9.17, 15) is 4.79 Å². The molecule has 2 aromatic heterocycles. The molecule has 142 valence electrons. The molecule has 1 amide bonds. The van der Waals surface area contributed by atoms with Crippen molar-refractivity contribution in [3.05, 3.63) is 54.4 Å². The molecule has 2 aromatic rings. The van der Waals surface area contributed by atoms with E-state index in [1.165, 1.54) is 0 Å². The van der Waals surface area contributed by atoms with E-state index in [1.54, 1.807) is 12.3 Å². The minimum atomic E-state index is -0.121. The first-order chi connectivity index (χ1) is 13.5. The van der Waals surface area contributed by atoms with Gasteiger partial charge in [-0.25, -0.2) is 9.97 Å². The number of rotatable bonds is 6. The number of nitrogens with zero attached hydrogens (tertiary/aromatic N) is 2. The zero-order valence-electron chi connectivity index (χ0n) is 16.2. The largest absolute Gasteiger partial charge is 0.383 e. The molecule has 2 heterocycles. The summed E-state index contributed by atoms with van der Waals surface area (Å²) in [6.07, 6.45) is 14.4. The highest BCUT2D eigenvalue weighted by molar-refractivity contribution is 5.98. The molecule has 0 aliphatic heterocycles. The van der Waals surface area contributed by atoms with E-state index in [4.69, 9.17) is 12.2 Å². The number of carbonyl (C=O) groups is 1. The number of carbonyl (C=O) groups excluding carboxylic acids is 1. The molecular weight excluding hydrogens is 348 g/mol. The van der Waals surface area contributed by atoms with Crippen LogP contribution in [0.15, 0.2) is 48.7 Å². The van der Waals surface area contributed by atoms with E-state index >= 15 is 0 Å². The number of nitrogens with two attached hydrogens (primary N) is 1. The van der Waals surface area contributed by atoms with Crippen molar-refractivity contribution in [1.82, 2.24) is 9.97 Å². The van der Waals surface area contributed by atoms with E-state index in [1.807, 2.05) is 25.1 Å². The molecule has 2 atom stereocenters.